The molecule has 0 N–H and O–H groups in total. The molecule has 10 heteroatoms. The first-order valence-electron chi connectivity index (χ1n) is 14.8. The zero-order valence-electron chi connectivity index (χ0n) is 26.6. The van der Waals surface area contributed by atoms with Gasteiger partial charge in [0.2, 0.25) is 12.5 Å². The summed E-state index contributed by atoms with van der Waals surface area (Å²) in [5, 5.41) is 5.14. The molecule has 2 heterocycles. The summed E-state index contributed by atoms with van der Waals surface area (Å²) >= 11 is 0. The van der Waals surface area contributed by atoms with Crippen molar-refractivity contribution >= 4 is 17.1 Å². The van der Waals surface area contributed by atoms with E-state index >= 15 is 0 Å². The second kappa shape index (κ2) is 12.8. The molecule has 1 aromatic heterocycles. The summed E-state index contributed by atoms with van der Waals surface area (Å²) in [6.45, 7) is 6.61. The predicted molar refractivity (Wildman–Crippen MR) is 176 cm³/mol. The van der Waals surface area contributed by atoms with Crippen LogP contribution in [0.15, 0.2) is 76.6 Å². The van der Waals surface area contributed by atoms with Gasteiger partial charge in [-0.25, -0.2) is 4.98 Å². The predicted octanol–water partition coefficient (Wildman–Crippen LogP) is 6.71. The largest absolute Gasteiger partial charge is 0.496 e. The van der Waals surface area contributed by atoms with Gasteiger partial charge >= 0.3 is 0 Å². The zero-order chi connectivity index (χ0) is 32.4. The molecule has 0 spiro atoms. The number of rotatable bonds is 10. The first-order chi connectivity index (χ1) is 22.3. The summed E-state index contributed by atoms with van der Waals surface area (Å²) < 4.78 is 35.4. The fraction of sp³-hybridized carbons (Fsp3) is 0.250. The van der Waals surface area contributed by atoms with E-state index < -0.39 is 0 Å². The van der Waals surface area contributed by atoms with Crippen LogP contribution in [0.1, 0.15) is 42.0 Å². The van der Waals surface area contributed by atoms with Crippen LogP contribution in [-0.4, -0.2) is 44.0 Å². The Morgan fingerprint density at radius 3 is 2.35 bits per heavy atom. The van der Waals surface area contributed by atoms with E-state index in [0.717, 1.165) is 28.0 Å². The van der Waals surface area contributed by atoms with Gasteiger partial charge in [0, 0.05) is 11.1 Å². The van der Waals surface area contributed by atoms with E-state index in [0.29, 0.717) is 51.0 Å². The van der Waals surface area contributed by atoms with Gasteiger partial charge in [0.05, 0.1) is 38.4 Å². The normalized spacial score (nSPS) is 12.2. The van der Waals surface area contributed by atoms with Crippen LogP contribution in [-0.2, 0) is 6.61 Å². The molecule has 0 saturated carbocycles. The van der Waals surface area contributed by atoms with E-state index in [-0.39, 0.29) is 24.9 Å². The third-order valence-electron chi connectivity index (χ3n) is 7.82. The fourth-order valence-corrected chi connectivity index (χ4v) is 5.40. The molecule has 6 rings (SSSR count). The number of fused-ring (bicyclic) bond motifs is 2. The Bertz CT molecular complexity index is 1990. The molecule has 236 valence electrons. The molecule has 5 aromatic rings. The average Bonchev–Trinajstić information content (AvgIpc) is 3.54. The monoisotopic (exact) mass is 621 g/mol. The number of hydrogen-bond acceptors (Lipinski definition) is 9. The van der Waals surface area contributed by atoms with Crippen LogP contribution in [0.5, 0.6) is 34.5 Å². The molecule has 0 atom stereocenters. The molecule has 46 heavy (non-hydrogen) atoms. The number of aryl methyl sites for hydroxylation is 1. The Balaban J connectivity index is 1.40. The molecule has 0 radical (unpaired) electrons. The van der Waals surface area contributed by atoms with E-state index in [1.165, 1.54) is 4.68 Å². The van der Waals surface area contributed by atoms with E-state index in [2.05, 4.69) is 18.9 Å². The minimum Gasteiger partial charge on any atom is -0.496 e. The van der Waals surface area contributed by atoms with Gasteiger partial charge in [0.1, 0.15) is 12.4 Å². The Morgan fingerprint density at radius 2 is 1.63 bits per heavy atom. The van der Waals surface area contributed by atoms with Gasteiger partial charge in [-0.2, -0.15) is 9.78 Å². The minimum atomic E-state index is -0.291. The van der Waals surface area contributed by atoms with E-state index in [1.54, 1.807) is 45.7 Å². The van der Waals surface area contributed by atoms with Crippen LogP contribution in [0.25, 0.3) is 22.3 Å². The molecular weight excluding hydrogens is 586 g/mol. The molecule has 0 bridgehead atoms. The molecule has 1 aliphatic heterocycles. The number of ether oxygens (including phenoxy) is 6. The van der Waals surface area contributed by atoms with Gasteiger partial charge < -0.3 is 28.4 Å². The maximum Gasteiger partial charge on any atom is 0.282 e. The lowest BCUT2D eigenvalue weighted by Crippen LogP contribution is -2.20. The highest BCUT2D eigenvalue weighted by molar-refractivity contribution is 5.84. The molecule has 0 aliphatic carbocycles. The van der Waals surface area contributed by atoms with Crippen molar-refractivity contribution < 1.29 is 28.4 Å². The zero-order valence-corrected chi connectivity index (χ0v) is 26.6. The molecule has 0 unspecified atom stereocenters. The average molecular weight is 622 g/mol. The molecule has 0 fully saturated rings. The minimum absolute atomic E-state index is 0.184. The first kappa shape index (κ1) is 30.5. The number of aromatic nitrogens is 2. The van der Waals surface area contributed by atoms with E-state index in [4.69, 9.17) is 33.4 Å². The molecule has 10 nitrogen and oxygen atoms in total. The van der Waals surface area contributed by atoms with Crippen LogP contribution in [0.2, 0.25) is 0 Å². The Hall–Kier alpha value is -5.51. The van der Waals surface area contributed by atoms with Crippen LogP contribution in [0, 0.1) is 6.92 Å². The summed E-state index contributed by atoms with van der Waals surface area (Å²) in [6.07, 6.45) is 1.58. The standard InChI is InChI=1S/C36H35N3O7/c1-21(2)26-17-27(22(3)13-30(26)41-4)35-38-28-10-8-7-9-25(28)36(40)39(35)37-18-24-15-32(42-5)34(33(16-24)43-6)44-19-23-11-12-29-31(14-23)46-20-45-29/h7-18,21H,19-20H2,1-6H3. The maximum absolute atomic E-state index is 13.9. The van der Waals surface area contributed by atoms with E-state index in [1.807, 2.05) is 55.5 Å². The number of para-hydroxylation sites is 1. The maximum atomic E-state index is 13.9. The van der Waals surface area contributed by atoms with Crippen molar-refractivity contribution in [3.05, 3.63) is 99.3 Å². The highest BCUT2D eigenvalue weighted by Crippen LogP contribution is 2.40. The third kappa shape index (κ3) is 5.81. The lowest BCUT2D eigenvalue weighted by atomic mass is 9.96. The van der Waals surface area contributed by atoms with Crippen LogP contribution in [0.4, 0.5) is 0 Å². The molecular formula is C36H35N3O7. The summed E-state index contributed by atoms with van der Waals surface area (Å²) in [5.41, 5.74) is 4.51. The number of nitrogens with zero attached hydrogens (tertiary/aromatic N) is 3. The Labute approximate surface area is 266 Å². The number of methoxy groups -OCH3 is 3. The summed E-state index contributed by atoms with van der Waals surface area (Å²) in [7, 11) is 4.76. The SMILES string of the molecule is COc1cc(C)c(-c2nc3ccccc3c(=O)n2N=Cc2cc(OC)c(OCc3ccc4c(c3)OCO4)c(OC)c2)cc1C(C)C. The number of hydrogen-bond donors (Lipinski definition) is 0. The lowest BCUT2D eigenvalue weighted by Gasteiger charge is -2.17. The summed E-state index contributed by atoms with van der Waals surface area (Å²) in [5.74, 6) is 4.09. The second-order valence-corrected chi connectivity index (χ2v) is 11.1. The van der Waals surface area contributed by atoms with Gasteiger partial charge in [-0.15, -0.1) is 0 Å². The van der Waals surface area contributed by atoms with Crippen LogP contribution < -0.4 is 34.0 Å². The highest BCUT2D eigenvalue weighted by Gasteiger charge is 2.20. The Morgan fingerprint density at radius 1 is 0.913 bits per heavy atom. The molecule has 1 aliphatic rings. The van der Waals surface area contributed by atoms with Crippen molar-refractivity contribution in [2.24, 2.45) is 5.10 Å². The van der Waals surface area contributed by atoms with Gasteiger partial charge in [-0.05, 0) is 78.1 Å². The number of benzene rings is 4. The molecule has 4 aromatic carbocycles. The van der Waals surface area contributed by atoms with Crippen LogP contribution >= 0.6 is 0 Å². The smallest absolute Gasteiger partial charge is 0.282 e. The molecule has 0 saturated heterocycles. The first-order valence-corrected chi connectivity index (χ1v) is 14.8. The van der Waals surface area contributed by atoms with Gasteiger partial charge in [0.15, 0.2) is 28.8 Å². The van der Waals surface area contributed by atoms with Gasteiger partial charge in [0.25, 0.3) is 5.56 Å². The quantitative estimate of drug-likeness (QED) is 0.159. The van der Waals surface area contributed by atoms with Crippen molar-refractivity contribution in [1.82, 2.24) is 9.66 Å². The molecule has 0 amide bonds. The third-order valence-corrected chi connectivity index (χ3v) is 7.82. The second-order valence-electron chi connectivity index (χ2n) is 11.1. The van der Waals surface area contributed by atoms with Crippen molar-refractivity contribution in [2.75, 3.05) is 28.1 Å². The fourth-order valence-electron chi connectivity index (χ4n) is 5.40. The lowest BCUT2D eigenvalue weighted by molar-refractivity contribution is 0.174. The Kier molecular flexibility index (Phi) is 8.52. The summed E-state index contributed by atoms with van der Waals surface area (Å²) in [6, 6.07) is 20.4. The van der Waals surface area contributed by atoms with Crippen molar-refractivity contribution in [2.45, 2.75) is 33.3 Å². The van der Waals surface area contributed by atoms with E-state index in [9.17, 15) is 4.79 Å². The van der Waals surface area contributed by atoms with Gasteiger partial charge in [-0.3, -0.25) is 4.79 Å². The highest BCUT2D eigenvalue weighted by atomic mass is 16.7. The van der Waals surface area contributed by atoms with Crippen molar-refractivity contribution in [3.8, 4) is 45.9 Å². The van der Waals surface area contributed by atoms with Crippen molar-refractivity contribution in [3.63, 3.8) is 0 Å². The van der Waals surface area contributed by atoms with Crippen LogP contribution in [0.3, 0.4) is 0 Å². The van der Waals surface area contributed by atoms with Crippen molar-refractivity contribution in [1.29, 1.82) is 0 Å². The summed E-state index contributed by atoms with van der Waals surface area (Å²) in [4.78, 5) is 18.8. The van der Waals surface area contributed by atoms with Gasteiger partial charge in [-0.1, -0.05) is 32.0 Å². The topological polar surface area (TPSA) is 103 Å².